The minimum absolute atomic E-state index is 0.601. The zero-order valence-electron chi connectivity index (χ0n) is 9.66. The van der Waals surface area contributed by atoms with Crippen molar-refractivity contribution in [2.24, 2.45) is 5.92 Å². The predicted octanol–water partition coefficient (Wildman–Crippen LogP) is 2.78. The SMILES string of the molecule is C1CC[C@H]2OCN3CCCC[C@@H]3C[C@@H]2C1. The number of piperidine rings is 1. The van der Waals surface area contributed by atoms with Crippen LogP contribution in [-0.4, -0.2) is 30.3 Å². The van der Waals surface area contributed by atoms with Crippen LogP contribution >= 0.6 is 0 Å². The molecule has 0 aromatic rings. The maximum atomic E-state index is 6.10. The number of nitrogens with zero attached hydrogens (tertiary/aromatic N) is 1. The molecule has 0 aromatic carbocycles. The molecular weight excluding hydrogens is 186 g/mol. The third-order valence-electron chi connectivity index (χ3n) is 4.62. The summed E-state index contributed by atoms with van der Waals surface area (Å²) in [6.07, 6.45) is 11.9. The highest BCUT2D eigenvalue weighted by Crippen LogP contribution is 2.36. The molecule has 3 fully saturated rings. The second-order valence-corrected chi connectivity index (χ2v) is 5.58. The van der Waals surface area contributed by atoms with Crippen LogP contribution in [0.3, 0.4) is 0 Å². The Morgan fingerprint density at radius 2 is 1.80 bits per heavy atom. The van der Waals surface area contributed by atoms with Gasteiger partial charge in [0.05, 0.1) is 12.8 Å². The van der Waals surface area contributed by atoms with E-state index in [4.69, 9.17) is 4.74 Å². The highest BCUT2D eigenvalue weighted by molar-refractivity contribution is 4.86. The lowest BCUT2D eigenvalue weighted by molar-refractivity contribution is -0.0461. The first-order valence-electron chi connectivity index (χ1n) is 6.79. The summed E-state index contributed by atoms with van der Waals surface area (Å²) in [6, 6.07) is 0.854. The van der Waals surface area contributed by atoms with Gasteiger partial charge in [0, 0.05) is 12.6 Å². The molecule has 0 bridgehead atoms. The standard InChI is InChI=1S/C13H23NO/c1-2-7-13-11(5-1)9-12-6-3-4-8-14(12)10-15-13/h11-13H,1-10H2/t11-,12+,13+/m0/s1. The molecule has 2 heterocycles. The average Bonchev–Trinajstić information content (AvgIpc) is 2.48. The van der Waals surface area contributed by atoms with Crippen LogP contribution in [0.25, 0.3) is 0 Å². The highest BCUT2D eigenvalue weighted by atomic mass is 16.5. The van der Waals surface area contributed by atoms with E-state index >= 15 is 0 Å². The van der Waals surface area contributed by atoms with Gasteiger partial charge in [-0.15, -0.1) is 0 Å². The van der Waals surface area contributed by atoms with E-state index in [1.165, 1.54) is 57.9 Å². The lowest BCUT2D eigenvalue weighted by Crippen LogP contribution is -2.39. The zero-order chi connectivity index (χ0) is 10.1. The second kappa shape index (κ2) is 4.42. The third-order valence-corrected chi connectivity index (χ3v) is 4.62. The predicted molar refractivity (Wildman–Crippen MR) is 60.7 cm³/mol. The van der Waals surface area contributed by atoms with Gasteiger partial charge < -0.3 is 4.74 Å². The fraction of sp³-hybridized carbons (Fsp3) is 1.00. The quantitative estimate of drug-likeness (QED) is 0.608. The van der Waals surface area contributed by atoms with Gasteiger partial charge in [-0.3, -0.25) is 4.90 Å². The molecular formula is C13H23NO. The van der Waals surface area contributed by atoms with Crippen LogP contribution in [-0.2, 0) is 4.74 Å². The van der Waals surface area contributed by atoms with E-state index in [9.17, 15) is 0 Å². The van der Waals surface area contributed by atoms with Gasteiger partial charge in [-0.05, 0) is 38.0 Å². The van der Waals surface area contributed by atoms with Crippen molar-refractivity contribution in [2.45, 2.75) is 63.5 Å². The monoisotopic (exact) mass is 209 g/mol. The summed E-state index contributed by atoms with van der Waals surface area (Å²) < 4.78 is 6.10. The van der Waals surface area contributed by atoms with Crippen molar-refractivity contribution < 1.29 is 4.74 Å². The van der Waals surface area contributed by atoms with E-state index in [0.29, 0.717) is 6.10 Å². The van der Waals surface area contributed by atoms with Crippen molar-refractivity contribution in [1.29, 1.82) is 0 Å². The minimum Gasteiger partial charge on any atom is -0.363 e. The highest BCUT2D eigenvalue weighted by Gasteiger charge is 2.35. The van der Waals surface area contributed by atoms with E-state index in [1.54, 1.807) is 0 Å². The van der Waals surface area contributed by atoms with Gasteiger partial charge in [-0.1, -0.05) is 19.3 Å². The van der Waals surface area contributed by atoms with Crippen molar-refractivity contribution in [3.8, 4) is 0 Å². The molecule has 2 saturated heterocycles. The van der Waals surface area contributed by atoms with Gasteiger partial charge in [-0.2, -0.15) is 0 Å². The third kappa shape index (κ3) is 2.07. The fourth-order valence-corrected chi connectivity index (χ4v) is 3.70. The van der Waals surface area contributed by atoms with Crippen molar-refractivity contribution >= 4 is 0 Å². The topological polar surface area (TPSA) is 12.5 Å². The smallest absolute Gasteiger partial charge is 0.0996 e. The molecule has 15 heavy (non-hydrogen) atoms. The summed E-state index contributed by atoms with van der Waals surface area (Å²) in [6.45, 7) is 2.20. The van der Waals surface area contributed by atoms with Crippen LogP contribution in [0.15, 0.2) is 0 Å². The van der Waals surface area contributed by atoms with Gasteiger partial charge in [-0.25, -0.2) is 0 Å². The van der Waals surface area contributed by atoms with Gasteiger partial charge in [0.25, 0.3) is 0 Å². The van der Waals surface area contributed by atoms with Crippen molar-refractivity contribution in [2.75, 3.05) is 13.3 Å². The summed E-state index contributed by atoms with van der Waals surface area (Å²) in [4.78, 5) is 2.60. The van der Waals surface area contributed by atoms with E-state index in [1.807, 2.05) is 0 Å². The Morgan fingerprint density at radius 3 is 2.80 bits per heavy atom. The molecule has 0 unspecified atom stereocenters. The first-order chi connectivity index (χ1) is 7.43. The van der Waals surface area contributed by atoms with E-state index < -0.39 is 0 Å². The average molecular weight is 209 g/mol. The zero-order valence-corrected chi connectivity index (χ0v) is 9.66. The molecule has 2 aliphatic heterocycles. The normalized spacial score (nSPS) is 42.8. The van der Waals surface area contributed by atoms with Gasteiger partial charge >= 0.3 is 0 Å². The number of rotatable bonds is 0. The summed E-state index contributed by atoms with van der Waals surface area (Å²) in [5, 5.41) is 0. The van der Waals surface area contributed by atoms with Crippen LogP contribution in [0.5, 0.6) is 0 Å². The second-order valence-electron chi connectivity index (χ2n) is 5.58. The fourth-order valence-electron chi connectivity index (χ4n) is 3.70. The van der Waals surface area contributed by atoms with Crippen molar-refractivity contribution in [3.05, 3.63) is 0 Å². The van der Waals surface area contributed by atoms with Crippen LogP contribution in [0.1, 0.15) is 51.4 Å². The molecule has 3 aliphatic rings. The van der Waals surface area contributed by atoms with Crippen LogP contribution in [0.2, 0.25) is 0 Å². The molecule has 3 rings (SSSR count). The Morgan fingerprint density at radius 1 is 0.933 bits per heavy atom. The van der Waals surface area contributed by atoms with Gasteiger partial charge in [0.2, 0.25) is 0 Å². The lowest BCUT2D eigenvalue weighted by Gasteiger charge is -2.34. The number of fused-ring (bicyclic) bond motifs is 2. The lowest BCUT2D eigenvalue weighted by atomic mass is 9.81. The number of hydrogen-bond donors (Lipinski definition) is 0. The number of hydrogen-bond acceptors (Lipinski definition) is 2. The first-order valence-corrected chi connectivity index (χ1v) is 6.79. The summed E-state index contributed by atoms with van der Waals surface area (Å²) in [5.41, 5.74) is 0. The molecule has 0 spiro atoms. The summed E-state index contributed by atoms with van der Waals surface area (Å²) in [5.74, 6) is 0.881. The molecule has 1 aliphatic carbocycles. The number of ether oxygens (including phenoxy) is 1. The maximum absolute atomic E-state index is 6.10. The van der Waals surface area contributed by atoms with Crippen LogP contribution < -0.4 is 0 Å². The molecule has 2 nitrogen and oxygen atoms in total. The van der Waals surface area contributed by atoms with Crippen molar-refractivity contribution in [1.82, 2.24) is 4.90 Å². The Hall–Kier alpha value is -0.0800. The largest absolute Gasteiger partial charge is 0.363 e. The molecule has 2 heteroatoms. The Labute approximate surface area is 93.0 Å². The van der Waals surface area contributed by atoms with Gasteiger partial charge in [0.1, 0.15) is 0 Å². The maximum Gasteiger partial charge on any atom is 0.0996 e. The van der Waals surface area contributed by atoms with E-state index in [-0.39, 0.29) is 0 Å². The molecule has 3 atom stereocenters. The Kier molecular flexibility index (Phi) is 2.98. The minimum atomic E-state index is 0.601. The van der Waals surface area contributed by atoms with Gasteiger partial charge in [0.15, 0.2) is 0 Å². The summed E-state index contributed by atoms with van der Waals surface area (Å²) in [7, 11) is 0. The molecule has 0 N–H and O–H groups in total. The first kappa shape index (κ1) is 10.1. The summed E-state index contributed by atoms with van der Waals surface area (Å²) >= 11 is 0. The van der Waals surface area contributed by atoms with E-state index in [2.05, 4.69) is 4.90 Å². The van der Waals surface area contributed by atoms with Crippen LogP contribution in [0, 0.1) is 5.92 Å². The molecule has 1 saturated carbocycles. The van der Waals surface area contributed by atoms with Crippen molar-refractivity contribution in [3.63, 3.8) is 0 Å². The van der Waals surface area contributed by atoms with Crippen LogP contribution in [0.4, 0.5) is 0 Å². The molecule has 0 amide bonds. The molecule has 0 aromatic heterocycles. The Balaban J connectivity index is 1.70. The Bertz CT molecular complexity index is 197. The molecule has 86 valence electrons. The molecule has 0 radical (unpaired) electrons. The van der Waals surface area contributed by atoms with E-state index in [0.717, 1.165) is 18.7 Å².